The van der Waals surface area contributed by atoms with Crippen molar-refractivity contribution in [1.29, 1.82) is 0 Å². The molecule has 2 N–H and O–H groups in total. The van der Waals surface area contributed by atoms with Crippen LogP contribution in [-0.2, 0) is 6.54 Å². The van der Waals surface area contributed by atoms with E-state index in [0.29, 0.717) is 17.9 Å². The summed E-state index contributed by atoms with van der Waals surface area (Å²) in [6.45, 7) is 3.27. The largest absolute Gasteiger partial charge is 0.506 e. The van der Waals surface area contributed by atoms with E-state index in [0.717, 1.165) is 30.1 Å². The minimum absolute atomic E-state index is 0.137. The van der Waals surface area contributed by atoms with Crippen molar-refractivity contribution in [2.24, 2.45) is 0 Å². The van der Waals surface area contributed by atoms with Crippen LogP contribution in [0.3, 0.4) is 0 Å². The van der Waals surface area contributed by atoms with E-state index in [1.54, 1.807) is 0 Å². The zero-order chi connectivity index (χ0) is 15.2. The highest BCUT2D eigenvalue weighted by Crippen LogP contribution is 2.12. The van der Waals surface area contributed by atoms with Crippen LogP contribution in [0.5, 0.6) is 5.75 Å². The van der Waals surface area contributed by atoms with Crippen LogP contribution in [0.2, 0.25) is 0 Å². The Morgan fingerprint density at radius 3 is 2.71 bits per heavy atom. The summed E-state index contributed by atoms with van der Waals surface area (Å²) in [5, 5.41) is 17.1. The van der Waals surface area contributed by atoms with E-state index in [4.69, 9.17) is 0 Å². The zero-order valence-electron chi connectivity index (χ0n) is 11.8. The second-order valence-electron chi connectivity index (χ2n) is 4.73. The van der Waals surface area contributed by atoms with Gasteiger partial charge in [0.1, 0.15) is 17.3 Å². The molecule has 2 rings (SSSR count). The van der Waals surface area contributed by atoms with Crippen molar-refractivity contribution in [2.45, 2.75) is 26.3 Å². The Morgan fingerprint density at radius 2 is 2.05 bits per heavy atom. The van der Waals surface area contributed by atoms with E-state index in [1.165, 1.54) is 24.3 Å². The van der Waals surface area contributed by atoms with Gasteiger partial charge in [-0.25, -0.2) is 4.39 Å². The number of hydrogen-bond acceptors (Lipinski definition) is 4. The molecule has 0 aliphatic carbocycles. The number of rotatable bonds is 6. The molecule has 112 valence electrons. The van der Waals surface area contributed by atoms with Gasteiger partial charge in [0.25, 0.3) is 5.56 Å². The van der Waals surface area contributed by atoms with Crippen molar-refractivity contribution in [2.75, 3.05) is 6.54 Å². The Hall–Kier alpha value is -2.21. The fourth-order valence-corrected chi connectivity index (χ4v) is 1.88. The molecular weight excluding hydrogens is 273 g/mol. The number of benzene rings is 1. The van der Waals surface area contributed by atoms with Crippen molar-refractivity contribution in [3.8, 4) is 11.4 Å². The lowest BCUT2D eigenvalue weighted by Crippen LogP contribution is -2.24. The van der Waals surface area contributed by atoms with Gasteiger partial charge in [0, 0.05) is 12.6 Å². The summed E-state index contributed by atoms with van der Waals surface area (Å²) in [7, 11) is 0. The van der Waals surface area contributed by atoms with Gasteiger partial charge in [0.2, 0.25) is 0 Å². The summed E-state index contributed by atoms with van der Waals surface area (Å²) in [6.07, 6.45) is 2.10. The fourth-order valence-electron chi connectivity index (χ4n) is 1.88. The van der Waals surface area contributed by atoms with Gasteiger partial charge in [-0.15, -0.1) is 0 Å². The summed E-state index contributed by atoms with van der Waals surface area (Å²) in [6, 6.07) is 6.57. The number of halogens is 1. The maximum absolute atomic E-state index is 12.9. The van der Waals surface area contributed by atoms with Crippen molar-refractivity contribution < 1.29 is 9.50 Å². The van der Waals surface area contributed by atoms with E-state index in [2.05, 4.69) is 17.3 Å². The molecule has 1 heterocycles. The fraction of sp³-hybridized carbons (Fsp3) is 0.333. The van der Waals surface area contributed by atoms with E-state index < -0.39 is 5.56 Å². The molecule has 0 amide bonds. The Labute approximate surface area is 122 Å². The number of nitrogens with zero attached hydrogens (tertiary/aromatic N) is 2. The lowest BCUT2D eigenvalue weighted by Gasteiger charge is -2.09. The summed E-state index contributed by atoms with van der Waals surface area (Å²) < 4.78 is 14.1. The SMILES string of the molecule is CCCCNCc1nn(-c2ccc(F)cc2)c(=O)cc1O. The van der Waals surface area contributed by atoms with E-state index in [1.807, 2.05) is 0 Å². The molecule has 0 bridgehead atoms. The first-order valence-corrected chi connectivity index (χ1v) is 6.90. The number of aromatic nitrogens is 2. The Kier molecular flexibility index (Phi) is 5.05. The monoisotopic (exact) mass is 291 g/mol. The topological polar surface area (TPSA) is 67.2 Å². The summed E-state index contributed by atoms with van der Waals surface area (Å²) >= 11 is 0. The Bertz CT molecular complexity index is 653. The molecule has 6 heteroatoms. The number of aromatic hydroxyl groups is 1. The first-order valence-electron chi connectivity index (χ1n) is 6.90. The van der Waals surface area contributed by atoms with Crippen molar-refractivity contribution in [1.82, 2.24) is 15.1 Å². The second-order valence-corrected chi connectivity index (χ2v) is 4.73. The van der Waals surface area contributed by atoms with Crippen LogP contribution in [0.25, 0.3) is 5.69 Å². The minimum atomic E-state index is -0.462. The van der Waals surface area contributed by atoms with Gasteiger partial charge in [0.15, 0.2) is 0 Å². The van der Waals surface area contributed by atoms with Gasteiger partial charge >= 0.3 is 0 Å². The molecule has 0 saturated carbocycles. The van der Waals surface area contributed by atoms with Gasteiger partial charge in [0.05, 0.1) is 5.69 Å². The van der Waals surface area contributed by atoms with Gasteiger partial charge in [-0.3, -0.25) is 4.79 Å². The summed E-state index contributed by atoms with van der Waals surface area (Å²) in [5.74, 6) is -0.519. The highest BCUT2D eigenvalue weighted by molar-refractivity contribution is 5.33. The third-order valence-corrected chi connectivity index (χ3v) is 3.06. The molecule has 0 aliphatic rings. The Balaban J connectivity index is 2.25. The maximum Gasteiger partial charge on any atom is 0.275 e. The first-order chi connectivity index (χ1) is 10.1. The molecule has 0 saturated heterocycles. The van der Waals surface area contributed by atoms with Crippen LogP contribution in [-0.4, -0.2) is 21.4 Å². The molecule has 0 radical (unpaired) electrons. The molecule has 0 atom stereocenters. The highest BCUT2D eigenvalue weighted by atomic mass is 19.1. The number of hydrogen-bond donors (Lipinski definition) is 2. The third kappa shape index (κ3) is 3.88. The van der Waals surface area contributed by atoms with Gasteiger partial charge in [-0.05, 0) is 37.2 Å². The van der Waals surface area contributed by atoms with E-state index in [9.17, 15) is 14.3 Å². The van der Waals surface area contributed by atoms with Crippen molar-refractivity contribution >= 4 is 0 Å². The van der Waals surface area contributed by atoms with Crippen LogP contribution in [0.4, 0.5) is 4.39 Å². The third-order valence-electron chi connectivity index (χ3n) is 3.06. The number of unbranched alkanes of at least 4 members (excludes halogenated alkanes) is 1. The summed E-state index contributed by atoms with van der Waals surface area (Å²) in [5.41, 5.74) is 0.377. The van der Waals surface area contributed by atoms with Crippen LogP contribution in [0.1, 0.15) is 25.5 Å². The van der Waals surface area contributed by atoms with Crippen LogP contribution in [0, 0.1) is 5.82 Å². The quantitative estimate of drug-likeness (QED) is 0.799. The molecular formula is C15H18FN3O2. The van der Waals surface area contributed by atoms with Gasteiger partial charge in [-0.2, -0.15) is 9.78 Å². The van der Waals surface area contributed by atoms with Crippen LogP contribution >= 0.6 is 0 Å². The lowest BCUT2D eigenvalue weighted by atomic mass is 10.3. The first kappa shape index (κ1) is 15.2. The number of nitrogens with one attached hydrogen (secondary N) is 1. The molecule has 21 heavy (non-hydrogen) atoms. The van der Waals surface area contributed by atoms with Crippen molar-refractivity contribution in [3.63, 3.8) is 0 Å². The average Bonchev–Trinajstić information content (AvgIpc) is 2.47. The van der Waals surface area contributed by atoms with E-state index in [-0.39, 0.29) is 11.6 Å². The molecule has 0 aliphatic heterocycles. The zero-order valence-corrected chi connectivity index (χ0v) is 11.8. The molecule has 2 aromatic rings. The highest BCUT2D eigenvalue weighted by Gasteiger charge is 2.09. The second kappa shape index (κ2) is 6.99. The standard InChI is InChI=1S/C15H18FN3O2/c1-2-3-8-17-10-13-14(20)9-15(21)19(18-13)12-6-4-11(16)5-7-12/h4-7,9,17,20H,2-3,8,10H2,1H3. The lowest BCUT2D eigenvalue weighted by molar-refractivity contribution is 0.451. The molecule has 5 nitrogen and oxygen atoms in total. The predicted molar refractivity (Wildman–Crippen MR) is 78.1 cm³/mol. The maximum atomic E-state index is 12.9. The predicted octanol–water partition coefficient (Wildman–Crippen LogP) is 1.97. The van der Waals surface area contributed by atoms with Crippen LogP contribution in [0.15, 0.2) is 35.1 Å². The molecule has 0 fully saturated rings. The molecule has 1 aromatic carbocycles. The normalized spacial score (nSPS) is 10.8. The molecule has 0 spiro atoms. The molecule has 0 unspecified atom stereocenters. The minimum Gasteiger partial charge on any atom is -0.506 e. The van der Waals surface area contributed by atoms with Gasteiger partial charge < -0.3 is 10.4 Å². The average molecular weight is 291 g/mol. The Morgan fingerprint density at radius 1 is 1.33 bits per heavy atom. The van der Waals surface area contributed by atoms with E-state index >= 15 is 0 Å². The molecule has 1 aromatic heterocycles. The smallest absolute Gasteiger partial charge is 0.275 e. The summed E-state index contributed by atoms with van der Waals surface area (Å²) in [4.78, 5) is 11.9. The van der Waals surface area contributed by atoms with Crippen molar-refractivity contribution in [3.05, 3.63) is 52.2 Å². The van der Waals surface area contributed by atoms with Gasteiger partial charge in [-0.1, -0.05) is 13.3 Å². The van der Waals surface area contributed by atoms with Crippen LogP contribution < -0.4 is 10.9 Å².